The summed E-state index contributed by atoms with van der Waals surface area (Å²) < 4.78 is 42.7. The Morgan fingerprint density at radius 1 is 1.27 bits per heavy atom. The topological polar surface area (TPSA) is 75.0 Å². The van der Waals surface area contributed by atoms with E-state index in [1.54, 1.807) is 11.0 Å². The van der Waals surface area contributed by atoms with Crippen molar-refractivity contribution in [2.75, 3.05) is 13.1 Å². The van der Waals surface area contributed by atoms with E-state index in [1.807, 2.05) is 24.3 Å². The Labute approximate surface area is 146 Å². The monoisotopic (exact) mass is 364 g/mol. The summed E-state index contributed by atoms with van der Waals surface area (Å²) in [5, 5.41) is 7.52. The van der Waals surface area contributed by atoms with Crippen LogP contribution in [0.25, 0.3) is 10.9 Å². The summed E-state index contributed by atoms with van der Waals surface area (Å²) in [5.74, 6) is -2.03. The lowest BCUT2D eigenvalue weighted by molar-refractivity contribution is -0.157. The van der Waals surface area contributed by atoms with E-state index in [4.69, 9.17) is 4.42 Å². The third kappa shape index (κ3) is 3.04. The molecule has 4 rings (SSSR count). The molecule has 1 fully saturated rings. The van der Waals surface area contributed by atoms with Gasteiger partial charge in [0.15, 0.2) is 0 Å². The van der Waals surface area contributed by atoms with Crippen molar-refractivity contribution in [1.82, 2.24) is 20.1 Å². The quantitative estimate of drug-likeness (QED) is 0.754. The van der Waals surface area contributed by atoms with Gasteiger partial charge in [-0.05, 0) is 25.0 Å². The Hall–Kier alpha value is -2.84. The van der Waals surface area contributed by atoms with Gasteiger partial charge in [-0.25, -0.2) is 0 Å². The van der Waals surface area contributed by atoms with Gasteiger partial charge in [0.25, 0.3) is 5.91 Å². The van der Waals surface area contributed by atoms with Gasteiger partial charge in [-0.1, -0.05) is 18.2 Å². The standard InChI is InChI=1S/C17H15F3N4O2/c18-17(19,20)16-23-22-14(26-16)11-5-3-7-24(9-11)15(25)13-8-10-4-1-2-6-12(10)21-13/h1-2,4,6,8,11,21H,3,5,7,9H2/t11-/m0/s1. The molecule has 0 aliphatic carbocycles. The number of nitrogens with one attached hydrogen (secondary N) is 1. The molecule has 1 atom stereocenters. The number of carbonyl (C=O) groups excluding carboxylic acids is 1. The number of carbonyl (C=O) groups is 1. The number of piperidine rings is 1. The molecule has 0 unspecified atom stereocenters. The Morgan fingerprint density at radius 3 is 2.81 bits per heavy atom. The molecule has 1 N–H and O–H groups in total. The maximum Gasteiger partial charge on any atom is 0.470 e. The molecule has 136 valence electrons. The van der Waals surface area contributed by atoms with Gasteiger partial charge in [-0.3, -0.25) is 4.79 Å². The van der Waals surface area contributed by atoms with Crippen molar-refractivity contribution in [3.63, 3.8) is 0 Å². The molecule has 0 bridgehead atoms. The van der Waals surface area contributed by atoms with Crippen LogP contribution in [0.3, 0.4) is 0 Å². The zero-order valence-corrected chi connectivity index (χ0v) is 13.6. The molecule has 6 nitrogen and oxygen atoms in total. The van der Waals surface area contributed by atoms with Crippen LogP contribution >= 0.6 is 0 Å². The van der Waals surface area contributed by atoms with Crippen LogP contribution in [-0.4, -0.2) is 39.1 Å². The summed E-state index contributed by atoms with van der Waals surface area (Å²) in [6, 6.07) is 9.31. The highest BCUT2D eigenvalue weighted by Crippen LogP contribution is 2.32. The highest BCUT2D eigenvalue weighted by Gasteiger charge is 2.39. The minimum Gasteiger partial charge on any atom is -0.417 e. The van der Waals surface area contributed by atoms with Crippen molar-refractivity contribution in [2.24, 2.45) is 0 Å². The molecule has 9 heteroatoms. The number of alkyl halides is 3. The minimum atomic E-state index is -4.67. The van der Waals surface area contributed by atoms with E-state index in [9.17, 15) is 18.0 Å². The van der Waals surface area contributed by atoms with Crippen LogP contribution in [0.4, 0.5) is 13.2 Å². The predicted molar refractivity (Wildman–Crippen MR) is 85.5 cm³/mol. The Bertz CT molecular complexity index is 914. The number of H-pyrrole nitrogens is 1. The number of halogens is 3. The fraction of sp³-hybridized carbons (Fsp3) is 0.353. The number of hydrogen-bond donors (Lipinski definition) is 1. The van der Waals surface area contributed by atoms with E-state index in [2.05, 4.69) is 15.2 Å². The van der Waals surface area contributed by atoms with Crippen molar-refractivity contribution >= 4 is 16.8 Å². The lowest BCUT2D eigenvalue weighted by Gasteiger charge is -2.30. The van der Waals surface area contributed by atoms with E-state index in [-0.39, 0.29) is 18.3 Å². The van der Waals surface area contributed by atoms with Gasteiger partial charge in [0.05, 0.1) is 5.92 Å². The van der Waals surface area contributed by atoms with Crippen LogP contribution in [0.1, 0.15) is 41.0 Å². The maximum atomic E-state index is 12.8. The van der Waals surface area contributed by atoms with Gasteiger partial charge in [0.2, 0.25) is 5.89 Å². The number of benzene rings is 1. The van der Waals surface area contributed by atoms with Crippen LogP contribution in [0.5, 0.6) is 0 Å². The number of rotatable bonds is 2. The summed E-state index contributed by atoms with van der Waals surface area (Å²) in [7, 11) is 0. The molecule has 0 spiro atoms. The smallest absolute Gasteiger partial charge is 0.417 e. The van der Waals surface area contributed by atoms with Crippen LogP contribution in [-0.2, 0) is 6.18 Å². The van der Waals surface area contributed by atoms with Gasteiger partial charge >= 0.3 is 12.1 Å². The minimum absolute atomic E-state index is 0.0773. The lowest BCUT2D eigenvalue weighted by atomic mass is 9.98. The van der Waals surface area contributed by atoms with Gasteiger partial charge in [0, 0.05) is 24.0 Å². The number of nitrogens with zero attached hydrogens (tertiary/aromatic N) is 3. The molecule has 0 saturated carbocycles. The maximum absolute atomic E-state index is 12.8. The number of aromatic amines is 1. The third-order valence-corrected chi connectivity index (χ3v) is 4.50. The molecule has 1 aliphatic heterocycles. The molecule has 1 amide bonds. The molecule has 26 heavy (non-hydrogen) atoms. The Balaban J connectivity index is 1.52. The van der Waals surface area contributed by atoms with E-state index in [1.165, 1.54) is 0 Å². The normalized spacial score (nSPS) is 18.4. The van der Waals surface area contributed by atoms with Crippen molar-refractivity contribution in [1.29, 1.82) is 0 Å². The molecular formula is C17H15F3N4O2. The second-order valence-electron chi connectivity index (χ2n) is 6.30. The number of para-hydroxylation sites is 1. The van der Waals surface area contributed by atoms with Crippen molar-refractivity contribution < 1.29 is 22.4 Å². The van der Waals surface area contributed by atoms with Crippen molar-refractivity contribution in [3.8, 4) is 0 Å². The van der Waals surface area contributed by atoms with Crippen LogP contribution in [0.15, 0.2) is 34.7 Å². The van der Waals surface area contributed by atoms with Crippen LogP contribution < -0.4 is 0 Å². The molecule has 1 aromatic carbocycles. The summed E-state index contributed by atoms with van der Waals surface area (Å²) >= 11 is 0. The number of amides is 1. The van der Waals surface area contributed by atoms with E-state index in [0.29, 0.717) is 25.1 Å². The number of aromatic nitrogens is 3. The number of likely N-dealkylation sites (tertiary alicyclic amines) is 1. The van der Waals surface area contributed by atoms with Gasteiger partial charge in [0.1, 0.15) is 5.69 Å². The highest BCUT2D eigenvalue weighted by molar-refractivity contribution is 5.98. The van der Waals surface area contributed by atoms with Gasteiger partial charge in [-0.2, -0.15) is 13.2 Å². The van der Waals surface area contributed by atoms with E-state index in [0.717, 1.165) is 10.9 Å². The zero-order valence-electron chi connectivity index (χ0n) is 13.6. The first-order valence-electron chi connectivity index (χ1n) is 8.19. The third-order valence-electron chi connectivity index (χ3n) is 4.50. The molecule has 1 saturated heterocycles. The molecule has 2 aromatic heterocycles. The molecule has 1 aliphatic rings. The average Bonchev–Trinajstić information content (AvgIpc) is 3.28. The summed E-state index contributed by atoms with van der Waals surface area (Å²) in [6.07, 6.45) is -3.42. The van der Waals surface area contributed by atoms with Gasteiger partial charge < -0.3 is 14.3 Å². The largest absolute Gasteiger partial charge is 0.470 e. The van der Waals surface area contributed by atoms with E-state index < -0.39 is 18.0 Å². The first-order chi connectivity index (χ1) is 12.4. The highest BCUT2D eigenvalue weighted by atomic mass is 19.4. The SMILES string of the molecule is O=C(c1cc2ccccc2[nH]1)N1CCC[C@H](c2nnc(C(F)(F)F)o2)C1. The fourth-order valence-corrected chi connectivity index (χ4v) is 3.24. The molecule has 3 aromatic rings. The van der Waals surface area contributed by atoms with Crippen LogP contribution in [0.2, 0.25) is 0 Å². The fourth-order valence-electron chi connectivity index (χ4n) is 3.24. The summed E-state index contributed by atoms with van der Waals surface area (Å²) in [6.45, 7) is 0.776. The van der Waals surface area contributed by atoms with Crippen LogP contribution in [0, 0.1) is 0 Å². The Kier molecular flexibility index (Phi) is 3.93. The predicted octanol–water partition coefficient (Wildman–Crippen LogP) is 3.59. The number of hydrogen-bond acceptors (Lipinski definition) is 4. The van der Waals surface area contributed by atoms with Crippen molar-refractivity contribution in [2.45, 2.75) is 24.9 Å². The second-order valence-corrected chi connectivity index (χ2v) is 6.30. The zero-order chi connectivity index (χ0) is 18.3. The Morgan fingerprint density at radius 2 is 2.08 bits per heavy atom. The summed E-state index contributed by atoms with van der Waals surface area (Å²) in [4.78, 5) is 17.4. The van der Waals surface area contributed by atoms with E-state index >= 15 is 0 Å². The first kappa shape index (κ1) is 16.6. The molecular weight excluding hydrogens is 349 g/mol. The van der Waals surface area contributed by atoms with Gasteiger partial charge in [-0.15, -0.1) is 10.2 Å². The van der Waals surface area contributed by atoms with Crippen molar-refractivity contribution in [3.05, 3.63) is 47.8 Å². The summed E-state index contributed by atoms with van der Waals surface area (Å²) in [5.41, 5.74) is 1.31. The second kappa shape index (κ2) is 6.15. The first-order valence-corrected chi connectivity index (χ1v) is 8.19. The average molecular weight is 364 g/mol. The molecule has 3 heterocycles. The number of fused-ring (bicyclic) bond motifs is 1. The molecule has 0 radical (unpaired) electrons. The lowest BCUT2D eigenvalue weighted by Crippen LogP contribution is -2.39.